The average Bonchev–Trinajstić information content (AvgIpc) is 3.12. The van der Waals surface area contributed by atoms with Gasteiger partial charge >= 0.3 is 7.82 Å². The van der Waals surface area contributed by atoms with Gasteiger partial charge < -0.3 is 21.1 Å². The Kier molecular flexibility index (Phi) is 36.6. The molecule has 0 heterocycles. The van der Waals surface area contributed by atoms with Gasteiger partial charge in [0.15, 0.2) is 0 Å². The molecule has 8 nitrogen and oxygen atoms in total. The number of nitrogens with two attached hydrogens (primary N) is 1. The Morgan fingerprint density at radius 2 is 1.16 bits per heavy atom. The number of nitrogens with one attached hydrogen (secondary N) is 1. The number of rotatable bonds is 37. The van der Waals surface area contributed by atoms with Crippen LogP contribution in [0.15, 0.2) is 60.8 Å². The Morgan fingerprint density at radius 3 is 1.75 bits per heavy atom. The van der Waals surface area contributed by atoms with Crippen LogP contribution in [-0.2, 0) is 18.4 Å². The van der Waals surface area contributed by atoms with Gasteiger partial charge in [0.1, 0.15) is 0 Å². The van der Waals surface area contributed by atoms with Gasteiger partial charge in [-0.05, 0) is 64.2 Å². The summed E-state index contributed by atoms with van der Waals surface area (Å²) in [6, 6.07) is -0.893. The van der Waals surface area contributed by atoms with Gasteiger partial charge in [-0.1, -0.05) is 158 Å². The molecule has 3 atom stereocenters. The molecule has 0 rings (SSSR count). The largest absolute Gasteiger partial charge is 0.472 e. The van der Waals surface area contributed by atoms with Gasteiger partial charge in [0.2, 0.25) is 5.91 Å². The lowest BCUT2D eigenvalue weighted by Gasteiger charge is -2.23. The minimum absolute atomic E-state index is 0.0665. The summed E-state index contributed by atoms with van der Waals surface area (Å²) in [6.07, 6.45) is 47.1. The quantitative estimate of drug-likeness (QED) is 0.0284. The van der Waals surface area contributed by atoms with E-state index in [2.05, 4.69) is 67.8 Å². The third-order valence-corrected chi connectivity index (χ3v) is 9.56. The van der Waals surface area contributed by atoms with Crippen LogP contribution in [0.5, 0.6) is 0 Å². The Labute approximate surface area is 313 Å². The van der Waals surface area contributed by atoms with E-state index in [0.29, 0.717) is 12.8 Å². The molecule has 0 aliphatic carbocycles. The van der Waals surface area contributed by atoms with Gasteiger partial charge in [-0.2, -0.15) is 0 Å². The van der Waals surface area contributed by atoms with Gasteiger partial charge in [-0.25, -0.2) is 4.57 Å². The zero-order valence-electron chi connectivity index (χ0n) is 32.6. The van der Waals surface area contributed by atoms with Crippen LogP contribution in [0.1, 0.15) is 168 Å². The molecule has 0 fully saturated rings. The van der Waals surface area contributed by atoms with E-state index in [9.17, 15) is 19.4 Å². The highest BCUT2D eigenvalue weighted by atomic mass is 31.2. The van der Waals surface area contributed by atoms with Crippen LogP contribution in [0.3, 0.4) is 0 Å². The molecular formula is C42H77N2O6P. The minimum atomic E-state index is -4.35. The molecule has 0 aromatic carbocycles. The van der Waals surface area contributed by atoms with E-state index in [-0.39, 0.29) is 25.7 Å². The fraction of sp³-hybridized carbons (Fsp3) is 0.738. The number of unbranched alkanes of at least 4 members (excludes halogenated alkanes) is 17. The van der Waals surface area contributed by atoms with Gasteiger partial charge in [-0.3, -0.25) is 13.8 Å². The van der Waals surface area contributed by atoms with Crippen LogP contribution >= 0.6 is 7.82 Å². The number of carbonyl (C=O) groups is 1. The molecule has 0 aromatic heterocycles. The van der Waals surface area contributed by atoms with Gasteiger partial charge in [0.25, 0.3) is 0 Å². The highest BCUT2D eigenvalue weighted by Gasteiger charge is 2.26. The van der Waals surface area contributed by atoms with E-state index in [1.54, 1.807) is 6.08 Å². The highest BCUT2D eigenvalue weighted by Crippen LogP contribution is 2.43. The molecule has 0 saturated heterocycles. The summed E-state index contributed by atoms with van der Waals surface area (Å²) in [7, 11) is -4.35. The Balaban J connectivity index is 4.35. The zero-order valence-corrected chi connectivity index (χ0v) is 33.5. The third kappa shape index (κ3) is 36.4. The number of hydrogen-bond acceptors (Lipinski definition) is 6. The van der Waals surface area contributed by atoms with Crippen molar-refractivity contribution in [3.8, 4) is 0 Å². The molecule has 0 aliphatic heterocycles. The molecule has 3 unspecified atom stereocenters. The molecule has 0 bridgehead atoms. The Bertz CT molecular complexity index is 980. The number of amides is 1. The number of phosphoric ester groups is 1. The number of aliphatic hydroxyl groups is 1. The van der Waals surface area contributed by atoms with Crippen molar-refractivity contribution in [2.75, 3.05) is 19.8 Å². The number of carbonyl (C=O) groups excluding carboxylic acids is 1. The summed E-state index contributed by atoms with van der Waals surface area (Å²) in [4.78, 5) is 22.6. The number of allylic oxidation sites excluding steroid dienone is 9. The first kappa shape index (κ1) is 49.2. The van der Waals surface area contributed by atoms with Crippen molar-refractivity contribution < 1.29 is 28.4 Å². The molecule has 51 heavy (non-hydrogen) atoms. The first-order valence-corrected chi connectivity index (χ1v) is 21.9. The van der Waals surface area contributed by atoms with Crippen LogP contribution in [0, 0.1) is 0 Å². The number of phosphoric acid groups is 1. The highest BCUT2D eigenvalue weighted by molar-refractivity contribution is 7.47. The van der Waals surface area contributed by atoms with Gasteiger partial charge in [-0.15, -0.1) is 0 Å². The molecule has 0 aromatic rings. The summed E-state index contributed by atoms with van der Waals surface area (Å²) in [5, 5.41) is 13.6. The molecular weight excluding hydrogens is 659 g/mol. The second-order valence-corrected chi connectivity index (χ2v) is 14.9. The van der Waals surface area contributed by atoms with E-state index in [4.69, 9.17) is 14.8 Å². The van der Waals surface area contributed by atoms with Crippen molar-refractivity contribution in [3.05, 3.63) is 60.8 Å². The summed E-state index contributed by atoms with van der Waals surface area (Å²) < 4.78 is 22.0. The maximum atomic E-state index is 12.7. The maximum absolute atomic E-state index is 12.7. The predicted octanol–water partition coefficient (Wildman–Crippen LogP) is 11.1. The second kappa shape index (κ2) is 37.9. The fourth-order valence-corrected chi connectivity index (χ4v) is 6.27. The molecule has 5 N–H and O–H groups in total. The molecule has 0 aliphatic rings. The summed E-state index contributed by atoms with van der Waals surface area (Å²) >= 11 is 0. The van der Waals surface area contributed by atoms with Crippen LogP contribution in [0.2, 0.25) is 0 Å². The van der Waals surface area contributed by atoms with E-state index in [0.717, 1.165) is 57.8 Å². The monoisotopic (exact) mass is 737 g/mol. The standard InChI is InChI=1S/C42H77N2O6P/c1-3-5-7-9-11-13-15-17-18-19-20-21-22-24-25-27-29-31-33-35-41(45)40(39-50-51(47,48)49-38-37-43)44-42(46)36-34-32-30-28-26-23-16-14-12-10-8-6-4-2/h6,8,12,14,23,25-27,33,35,40-41,45H,3-5,7,9-11,13,15-22,24,28-32,34,36-39,43H2,1-2H3,(H,44,46)(H,47,48)/b8-6-,14-12-,26-23-,27-25+,35-33+. The topological polar surface area (TPSA) is 131 Å². The molecule has 1 amide bonds. The second-order valence-electron chi connectivity index (χ2n) is 13.5. The van der Waals surface area contributed by atoms with Crippen molar-refractivity contribution in [1.29, 1.82) is 0 Å². The lowest BCUT2D eigenvalue weighted by atomic mass is 10.0. The summed E-state index contributed by atoms with van der Waals surface area (Å²) in [5.41, 5.74) is 5.36. The molecule has 0 spiro atoms. The van der Waals surface area contributed by atoms with Crippen LogP contribution < -0.4 is 11.1 Å². The van der Waals surface area contributed by atoms with Crippen molar-refractivity contribution in [2.45, 2.75) is 180 Å². The van der Waals surface area contributed by atoms with E-state index in [1.165, 1.54) is 83.5 Å². The zero-order chi connectivity index (χ0) is 37.5. The lowest BCUT2D eigenvalue weighted by Crippen LogP contribution is -2.45. The first-order valence-electron chi connectivity index (χ1n) is 20.4. The minimum Gasteiger partial charge on any atom is -0.387 e. The Hall–Kier alpha value is -1.80. The van der Waals surface area contributed by atoms with E-state index < -0.39 is 20.0 Å². The summed E-state index contributed by atoms with van der Waals surface area (Å²) in [6.45, 7) is 3.96. The van der Waals surface area contributed by atoms with Crippen molar-refractivity contribution >= 4 is 13.7 Å². The maximum Gasteiger partial charge on any atom is 0.472 e. The van der Waals surface area contributed by atoms with Crippen molar-refractivity contribution in [3.63, 3.8) is 0 Å². The Morgan fingerprint density at radius 1 is 0.667 bits per heavy atom. The van der Waals surface area contributed by atoms with Crippen LogP contribution in [0.4, 0.5) is 0 Å². The smallest absolute Gasteiger partial charge is 0.387 e. The number of aliphatic hydroxyl groups excluding tert-OH is 1. The average molecular weight is 737 g/mol. The SMILES string of the molecule is CC/C=C\C/C=C\C/C=C\CCCCCC(=O)NC(COP(=O)(O)OCCN)C(O)/C=C/CC/C=C/CCCCCCCCCCCCCCC. The van der Waals surface area contributed by atoms with E-state index in [1.807, 2.05) is 6.08 Å². The predicted molar refractivity (Wildman–Crippen MR) is 217 cm³/mol. The van der Waals surface area contributed by atoms with Crippen LogP contribution in [0.25, 0.3) is 0 Å². The molecule has 0 saturated carbocycles. The summed E-state index contributed by atoms with van der Waals surface area (Å²) in [5.74, 6) is -0.236. The van der Waals surface area contributed by atoms with Crippen molar-refractivity contribution in [2.24, 2.45) is 5.73 Å². The van der Waals surface area contributed by atoms with Crippen LogP contribution in [-0.4, -0.2) is 47.8 Å². The normalized spacial score (nSPS) is 14.8. The number of hydrogen-bond donors (Lipinski definition) is 4. The van der Waals surface area contributed by atoms with Gasteiger partial charge in [0.05, 0.1) is 25.4 Å². The molecule has 9 heteroatoms. The van der Waals surface area contributed by atoms with E-state index >= 15 is 0 Å². The molecule has 296 valence electrons. The van der Waals surface area contributed by atoms with Gasteiger partial charge in [0, 0.05) is 13.0 Å². The lowest BCUT2D eigenvalue weighted by molar-refractivity contribution is -0.123. The van der Waals surface area contributed by atoms with Crippen molar-refractivity contribution in [1.82, 2.24) is 5.32 Å². The first-order chi connectivity index (χ1) is 24.9. The third-order valence-electron chi connectivity index (χ3n) is 8.58. The molecule has 0 radical (unpaired) electrons. The fourth-order valence-electron chi connectivity index (χ4n) is 5.51.